The van der Waals surface area contributed by atoms with E-state index in [9.17, 15) is 23.1 Å². The normalized spacial score (nSPS) is 25.8. The van der Waals surface area contributed by atoms with E-state index < -0.39 is 18.6 Å². The first-order valence-corrected chi connectivity index (χ1v) is 13.6. The van der Waals surface area contributed by atoms with E-state index in [1.807, 2.05) is 9.42 Å². The van der Waals surface area contributed by atoms with Crippen LogP contribution in [0.15, 0.2) is 18.3 Å². The molecule has 0 aromatic carbocycles. The minimum atomic E-state index is -4.28. The zero-order valence-electron chi connectivity index (χ0n) is 21.7. The van der Waals surface area contributed by atoms with Gasteiger partial charge in [0.05, 0.1) is 37.5 Å². The summed E-state index contributed by atoms with van der Waals surface area (Å²) in [6.07, 6.45) is 3.52. The molecule has 1 saturated carbocycles. The molecular formula is C27H36F3N5O3. The molecule has 38 heavy (non-hydrogen) atoms. The highest BCUT2D eigenvalue weighted by Gasteiger charge is 2.32. The number of nitrogens with zero attached hydrogens (tertiary/aromatic N) is 4. The molecule has 2 atom stereocenters. The molecule has 0 radical (unpaired) electrons. The molecule has 11 heteroatoms. The molecule has 5 rings (SSSR count). The molecule has 2 fully saturated rings. The van der Waals surface area contributed by atoms with Gasteiger partial charge in [0.1, 0.15) is 0 Å². The van der Waals surface area contributed by atoms with Crippen molar-refractivity contribution in [2.45, 2.75) is 82.5 Å². The van der Waals surface area contributed by atoms with Crippen molar-refractivity contribution in [2.75, 3.05) is 31.6 Å². The van der Waals surface area contributed by atoms with Crippen LogP contribution < -0.4 is 5.32 Å². The van der Waals surface area contributed by atoms with E-state index in [4.69, 9.17) is 4.74 Å². The van der Waals surface area contributed by atoms with E-state index in [2.05, 4.69) is 27.5 Å². The van der Waals surface area contributed by atoms with Crippen LogP contribution in [0.4, 0.5) is 19.1 Å². The summed E-state index contributed by atoms with van der Waals surface area (Å²) in [6, 6.07) is 1.27. The quantitative estimate of drug-likeness (QED) is 0.564. The van der Waals surface area contributed by atoms with Crippen molar-refractivity contribution < 1.29 is 27.8 Å². The highest BCUT2D eigenvalue weighted by atomic mass is 19.4. The predicted molar refractivity (Wildman–Crippen MR) is 137 cm³/mol. The van der Waals surface area contributed by atoms with Gasteiger partial charge in [0.25, 0.3) is 0 Å². The van der Waals surface area contributed by atoms with Crippen molar-refractivity contribution in [1.82, 2.24) is 19.5 Å². The molecule has 2 aliphatic carbocycles. The second kappa shape index (κ2) is 11.2. The van der Waals surface area contributed by atoms with Crippen LogP contribution in [0.5, 0.6) is 0 Å². The predicted octanol–water partition coefficient (Wildman–Crippen LogP) is 4.54. The van der Waals surface area contributed by atoms with Crippen LogP contribution in [0.2, 0.25) is 0 Å². The Morgan fingerprint density at radius 2 is 1.95 bits per heavy atom. The Hall–Kier alpha value is -2.66. The number of rotatable bonds is 6. The second-order valence-corrected chi connectivity index (χ2v) is 10.9. The van der Waals surface area contributed by atoms with Gasteiger partial charge in [-0.3, -0.25) is 4.79 Å². The summed E-state index contributed by atoms with van der Waals surface area (Å²) >= 11 is 0. The van der Waals surface area contributed by atoms with E-state index >= 15 is 0 Å². The lowest BCUT2D eigenvalue weighted by Crippen LogP contribution is -2.44. The molecular weight excluding hydrogens is 499 g/mol. The lowest BCUT2D eigenvalue weighted by Gasteiger charge is -2.31. The van der Waals surface area contributed by atoms with E-state index in [1.165, 1.54) is 6.92 Å². The number of hydrogen-bond acceptors (Lipinski definition) is 6. The maximum Gasteiger partial charge on any atom is 0.391 e. The molecule has 2 aromatic rings. The average Bonchev–Trinajstić information content (AvgIpc) is 3.27. The third kappa shape index (κ3) is 6.14. The lowest BCUT2D eigenvalue weighted by molar-refractivity contribution is -0.140. The Kier molecular flexibility index (Phi) is 7.95. The first kappa shape index (κ1) is 26.9. The van der Waals surface area contributed by atoms with Crippen LogP contribution in [0.3, 0.4) is 0 Å². The van der Waals surface area contributed by atoms with Crippen molar-refractivity contribution >= 4 is 22.9 Å². The number of hydrogen-bond donors (Lipinski definition) is 2. The molecule has 208 valence electrons. The van der Waals surface area contributed by atoms with Gasteiger partial charge in [-0.05, 0) is 63.5 Å². The maximum atomic E-state index is 13.0. The number of aliphatic hydroxyl groups excluding tert-OH is 1. The molecule has 1 aliphatic heterocycles. The zero-order chi connectivity index (χ0) is 26.9. The van der Waals surface area contributed by atoms with Gasteiger partial charge in [0.2, 0.25) is 11.9 Å². The fourth-order valence-corrected chi connectivity index (χ4v) is 5.96. The number of amides is 1. The summed E-state index contributed by atoms with van der Waals surface area (Å²) in [5.41, 5.74) is 3.95. The minimum Gasteiger partial charge on any atom is -0.393 e. The standard InChI is InChI=1S/C27H36F3N5O3/c1-17(15-27(28,29)30)32-26-31-16-24-22(14-23(35(24)33-26)19-6-8-21(36)9-7-19)18-2-4-20(5-3-18)25(37)34-10-12-38-13-11-34/h2,14,16-17,19-21,36H,3-13,15H2,1H3,(H,32,33)/t17-,19-,20+,21-/m0/s1. The maximum absolute atomic E-state index is 13.0. The van der Waals surface area contributed by atoms with Gasteiger partial charge in [-0.1, -0.05) is 6.08 Å². The third-order valence-corrected chi connectivity index (χ3v) is 8.00. The number of alkyl halides is 3. The SMILES string of the molecule is C[C@@H](CC(F)(F)F)Nc1ncc2c(C3=CC[C@@H](C(=O)N4CCOCC4)CC3)cc([C@H]3CC[C@H](O)CC3)n2n1. The van der Waals surface area contributed by atoms with Gasteiger partial charge in [-0.15, -0.1) is 5.10 Å². The van der Waals surface area contributed by atoms with Gasteiger partial charge in [0, 0.05) is 42.2 Å². The van der Waals surface area contributed by atoms with Crippen LogP contribution in [0, 0.1) is 5.92 Å². The van der Waals surface area contributed by atoms with Crippen LogP contribution in [-0.2, 0) is 9.53 Å². The first-order valence-electron chi connectivity index (χ1n) is 13.6. The Morgan fingerprint density at radius 1 is 1.21 bits per heavy atom. The zero-order valence-corrected chi connectivity index (χ0v) is 21.7. The Balaban J connectivity index is 1.40. The Labute approximate surface area is 220 Å². The number of aliphatic hydroxyl groups is 1. The third-order valence-electron chi connectivity index (χ3n) is 8.00. The van der Waals surface area contributed by atoms with Crippen molar-refractivity contribution in [3.05, 3.63) is 29.6 Å². The summed E-state index contributed by atoms with van der Waals surface area (Å²) in [5, 5.41) is 17.4. The first-order chi connectivity index (χ1) is 18.2. The average molecular weight is 536 g/mol. The van der Waals surface area contributed by atoms with E-state index in [1.54, 1.807) is 6.20 Å². The number of allylic oxidation sites excluding steroid dienone is 2. The summed E-state index contributed by atoms with van der Waals surface area (Å²) in [7, 11) is 0. The Bertz CT molecular complexity index is 1170. The van der Waals surface area contributed by atoms with Crippen LogP contribution >= 0.6 is 0 Å². The van der Waals surface area contributed by atoms with E-state index in [0.29, 0.717) is 45.6 Å². The van der Waals surface area contributed by atoms with Crippen LogP contribution in [-0.4, -0.2) is 75.1 Å². The monoisotopic (exact) mass is 535 g/mol. The van der Waals surface area contributed by atoms with Crippen molar-refractivity contribution in [3.8, 4) is 0 Å². The number of nitrogens with one attached hydrogen (secondary N) is 1. The van der Waals surface area contributed by atoms with Gasteiger partial charge >= 0.3 is 6.18 Å². The van der Waals surface area contributed by atoms with Crippen molar-refractivity contribution in [2.24, 2.45) is 5.92 Å². The number of ether oxygens (including phenoxy) is 1. The highest BCUT2D eigenvalue weighted by molar-refractivity contribution is 5.83. The summed E-state index contributed by atoms with van der Waals surface area (Å²) in [4.78, 5) is 19.2. The molecule has 8 nitrogen and oxygen atoms in total. The fourth-order valence-electron chi connectivity index (χ4n) is 5.96. The number of anilines is 1. The minimum absolute atomic E-state index is 0.0350. The molecule has 0 spiro atoms. The molecule has 0 unspecified atom stereocenters. The lowest BCUT2D eigenvalue weighted by atomic mass is 9.84. The van der Waals surface area contributed by atoms with E-state index in [0.717, 1.165) is 48.0 Å². The van der Waals surface area contributed by atoms with Crippen LogP contribution in [0.25, 0.3) is 11.1 Å². The molecule has 1 amide bonds. The smallest absolute Gasteiger partial charge is 0.391 e. The fraction of sp³-hybridized carbons (Fsp3) is 0.667. The van der Waals surface area contributed by atoms with Crippen molar-refractivity contribution in [1.29, 1.82) is 0 Å². The Morgan fingerprint density at radius 3 is 2.61 bits per heavy atom. The number of morpholine rings is 1. The number of fused-ring (bicyclic) bond motifs is 1. The van der Waals surface area contributed by atoms with Gasteiger partial charge in [-0.2, -0.15) is 13.2 Å². The molecule has 3 aliphatic rings. The van der Waals surface area contributed by atoms with Gasteiger partial charge < -0.3 is 20.1 Å². The molecule has 2 N–H and O–H groups in total. The summed E-state index contributed by atoms with van der Waals surface area (Å²) < 4.78 is 45.7. The number of carbonyl (C=O) groups is 1. The topological polar surface area (TPSA) is 92.0 Å². The number of aromatic nitrogens is 3. The van der Waals surface area contributed by atoms with Gasteiger partial charge in [0.15, 0.2) is 0 Å². The molecule has 0 bridgehead atoms. The number of halogens is 3. The molecule has 3 heterocycles. The van der Waals surface area contributed by atoms with Crippen molar-refractivity contribution in [3.63, 3.8) is 0 Å². The van der Waals surface area contributed by atoms with Crippen LogP contribution in [0.1, 0.15) is 75.5 Å². The largest absolute Gasteiger partial charge is 0.393 e. The van der Waals surface area contributed by atoms with Gasteiger partial charge in [-0.25, -0.2) is 9.50 Å². The second-order valence-electron chi connectivity index (χ2n) is 10.9. The summed E-state index contributed by atoms with van der Waals surface area (Å²) in [5.74, 6) is 0.503. The number of carbonyl (C=O) groups excluding carboxylic acids is 1. The summed E-state index contributed by atoms with van der Waals surface area (Å²) in [6.45, 7) is 3.93. The van der Waals surface area contributed by atoms with E-state index in [-0.39, 0.29) is 29.8 Å². The highest BCUT2D eigenvalue weighted by Crippen LogP contribution is 2.39. The molecule has 1 saturated heterocycles. The molecule has 2 aromatic heterocycles.